The molecule has 0 aromatic rings. The second-order valence-corrected chi connectivity index (χ2v) is 6.44. The first kappa shape index (κ1) is 13.4. The highest BCUT2D eigenvalue weighted by atomic mass is 14.9. The fourth-order valence-electron chi connectivity index (χ4n) is 4.24. The fourth-order valence-corrected chi connectivity index (χ4v) is 4.24. The van der Waals surface area contributed by atoms with Gasteiger partial charge in [0.15, 0.2) is 0 Å². The molecule has 1 nitrogen and oxygen atoms in total. The van der Waals surface area contributed by atoms with Crippen molar-refractivity contribution in [2.24, 2.45) is 23.7 Å². The predicted octanol–water partition coefficient (Wildman–Crippen LogP) is 4.23. The monoisotopic (exact) mass is 237 g/mol. The molecule has 2 fully saturated rings. The van der Waals surface area contributed by atoms with Crippen molar-refractivity contribution in [3.05, 3.63) is 0 Å². The Hall–Kier alpha value is -0.0400. The van der Waals surface area contributed by atoms with Crippen LogP contribution in [0.15, 0.2) is 0 Å². The minimum atomic E-state index is 0.822. The maximum atomic E-state index is 3.87. The molecule has 1 heteroatoms. The van der Waals surface area contributed by atoms with Gasteiger partial charge in [0.25, 0.3) is 0 Å². The SMILES string of the molecule is CCCNC(C(C)CCC)C1C2CCCCC21. The van der Waals surface area contributed by atoms with Crippen molar-refractivity contribution in [2.45, 2.75) is 71.8 Å². The van der Waals surface area contributed by atoms with Crippen LogP contribution in [-0.4, -0.2) is 12.6 Å². The van der Waals surface area contributed by atoms with Crippen LogP contribution in [0.25, 0.3) is 0 Å². The van der Waals surface area contributed by atoms with E-state index in [0.717, 1.165) is 29.7 Å². The Morgan fingerprint density at radius 3 is 2.24 bits per heavy atom. The normalized spacial score (nSPS) is 35.1. The summed E-state index contributed by atoms with van der Waals surface area (Å²) in [5.41, 5.74) is 0. The summed E-state index contributed by atoms with van der Waals surface area (Å²) in [6.07, 6.45) is 10.1. The largest absolute Gasteiger partial charge is 0.313 e. The molecule has 2 rings (SSSR count). The van der Waals surface area contributed by atoms with E-state index < -0.39 is 0 Å². The van der Waals surface area contributed by atoms with Crippen LogP contribution in [0.3, 0.4) is 0 Å². The summed E-state index contributed by atoms with van der Waals surface area (Å²) >= 11 is 0. The van der Waals surface area contributed by atoms with Gasteiger partial charge in [-0.3, -0.25) is 0 Å². The van der Waals surface area contributed by atoms with Crippen LogP contribution in [-0.2, 0) is 0 Å². The Morgan fingerprint density at radius 2 is 1.71 bits per heavy atom. The van der Waals surface area contributed by atoms with Crippen molar-refractivity contribution in [3.8, 4) is 0 Å². The van der Waals surface area contributed by atoms with Gasteiger partial charge in [0.1, 0.15) is 0 Å². The summed E-state index contributed by atoms with van der Waals surface area (Å²) < 4.78 is 0. The Kier molecular flexibility index (Phi) is 4.90. The summed E-state index contributed by atoms with van der Waals surface area (Å²) in [5, 5.41) is 3.87. The highest BCUT2D eigenvalue weighted by Gasteiger charge is 2.54. The number of rotatable bonds is 7. The third-order valence-electron chi connectivity index (χ3n) is 5.12. The van der Waals surface area contributed by atoms with Gasteiger partial charge in [-0.15, -0.1) is 0 Å². The highest BCUT2D eigenvalue weighted by Crippen LogP contribution is 2.58. The maximum absolute atomic E-state index is 3.87. The van der Waals surface area contributed by atoms with Crippen molar-refractivity contribution in [1.82, 2.24) is 5.32 Å². The van der Waals surface area contributed by atoms with Crippen LogP contribution in [0.5, 0.6) is 0 Å². The summed E-state index contributed by atoms with van der Waals surface area (Å²) in [6, 6.07) is 0.822. The summed E-state index contributed by atoms with van der Waals surface area (Å²) in [4.78, 5) is 0. The van der Waals surface area contributed by atoms with Crippen LogP contribution >= 0.6 is 0 Å². The van der Waals surface area contributed by atoms with E-state index in [2.05, 4.69) is 26.1 Å². The molecule has 2 saturated carbocycles. The first-order valence-corrected chi connectivity index (χ1v) is 8.03. The van der Waals surface area contributed by atoms with Crippen LogP contribution in [0, 0.1) is 23.7 Å². The van der Waals surface area contributed by atoms with E-state index in [-0.39, 0.29) is 0 Å². The fraction of sp³-hybridized carbons (Fsp3) is 1.00. The Bertz CT molecular complexity index is 214. The second kappa shape index (κ2) is 6.22. The lowest BCUT2D eigenvalue weighted by atomic mass is 9.91. The van der Waals surface area contributed by atoms with E-state index in [1.807, 2.05) is 0 Å². The average molecular weight is 237 g/mol. The molecule has 2 aliphatic carbocycles. The van der Waals surface area contributed by atoms with Gasteiger partial charge in [-0.05, 0) is 55.9 Å². The number of hydrogen-bond acceptors (Lipinski definition) is 1. The molecule has 4 unspecified atom stereocenters. The zero-order valence-electron chi connectivity index (χ0n) is 12.0. The molecule has 0 radical (unpaired) electrons. The average Bonchev–Trinajstić information content (AvgIpc) is 3.05. The molecule has 100 valence electrons. The Morgan fingerprint density at radius 1 is 1.06 bits per heavy atom. The van der Waals surface area contributed by atoms with Crippen molar-refractivity contribution in [3.63, 3.8) is 0 Å². The van der Waals surface area contributed by atoms with Crippen LogP contribution in [0.1, 0.15) is 65.7 Å². The van der Waals surface area contributed by atoms with Crippen LogP contribution < -0.4 is 5.32 Å². The molecule has 0 bridgehead atoms. The number of nitrogens with one attached hydrogen (secondary N) is 1. The zero-order chi connectivity index (χ0) is 12.3. The predicted molar refractivity (Wildman–Crippen MR) is 75.1 cm³/mol. The molecule has 17 heavy (non-hydrogen) atoms. The van der Waals surface area contributed by atoms with Gasteiger partial charge in [-0.25, -0.2) is 0 Å². The lowest BCUT2D eigenvalue weighted by Gasteiger charge is -2.26. The minimum Gasteiger partial charge on any atom is -0.313 e. The van der Waals surface area contributed by atoms with Gasteiger partial charge in [0, 0.05) is 6.04 Å². The van der Waals surface area contributed by atoms with Gasteiger partial charge in [-0.2, -0.15) is 0 Å². The molecule has 1 N–H and O–H groups in total. The molecule has 2 aliphatic rings. The topological polar surface area (TPSA) is 12.0 Å². The highest BCUT2D eigenvalue weighted by molar-refractivity contribution is 5.05. The van der Waals surface area contributed by atoms with Gasteiger partial charge in [-0.1, -0.05) is 40.0 Å². The molecule has 0 aromatic carbocycles. The quantitative estimate of drug-likeness (QED) is 0.699. The first-order valence-electron chi connectivity index (χ1n) is 8.03. The maximum Gasteiger partial charge on any atom is 0.0126 e. The van der Waals surface area contributed by atoms with Crippen molar-refractivity contribution < 1.29 is 0 Å². The minimum absolute atomic E-state index is 0.822. The smallest absolute Gasteiger partial charge is 0.0126 e. The summed E-state index contributed by atoms with van der Waals surface area (Å²) in [5.74, 6) is 4.10. The third-order valence-corrected chi connectivity index (χ3v) is 5.12. The molecule has 0 saturated heterocycles. The summed E-state index contributed by atoms with van der Waals surface area (Å²) in [6.45, 7) is 8.30. The van der Waals surface area contributed by atoms with Crippen molar-refractivity contribution >= 4 is 0 Å². The number of hydrogen-bond donors (Lipinski definition) is 1. The zero-order valence-corrected chi connectivity index (χ0v) is 12.0. The van der Waals surface area contributed by atoms with Crippen molar-refractivity contribution in [2.75, 3.05) is 6.54 Å². The lowest BCUT2D eigenvalue weighted by Crippen LogP contribution is -2.38. The number of fused-ring (bicyclic) bond motifs is 1. The van der Waals surface area contributed by atoms with E-state index in [0.29, 0.717) is 0 Å². The van der Waals surface area contributed by atoms with Crippen LogP contribution in [0.4, 0.5) is 0 Å². The third kappa shape index (κ3) is 3.05. The molecule has 0 aromatic heterocycles. The standard InChI is InChI=1S/C16H31N/c1-4-8-12(3)16(17-11-5-2)15-13-9-6-7-10-14(13)15/h12-17H,4-11H2,1-3H3. The van der Waals surface area contributed by atoms with Gasteiger partial charge in [0.2, 0.25) is 0 Å². The van der Waals surface area contributed by atoms with E-state index in [4.69, 9.17) is 0 Å². The molecule has 0 aliphatic heterocycles. The van der Waals surface area contributed by atoms with E-state index in [9.17, 15) is 0 Å². The molecule has 0 spiro atoms. The molecule has 0 amide bonds. The molecular formula is C16H31N. The van der Waals surface area contributed by atoms with E-state index in [1.165, 1.54) is 51.5 Å². The van der Waals surface area contributed by atoms with Crippen molar-refractivity contribution in [1.29, 1.82) is 0 Å². The molecular weight excluding hydrogens is 206 g/mol. The van der Waals surface area contributed by atoms with Gasteiger partial charge < -0.3 is 5.32 Å². The van der Waals surface area contributed by atoms with Gasteiger partial charge in [0.05, 0.1) is 0 Å². The second-order valence-electron chi connectivity index (χ2n) is 6.44. The Labute approximate surface area is 108 Å². The molecule has 0 heterocycles. The van der Waals surface area contributed by atoms with E-state index >= 15 is 0 Å². The van der Waals surface area contributed by atoms with Crippen LogP contribution in [0.2, 0.25) is 0 Å². The summed E-state index contributed by atoms with van der Waals surface area (Å²) in [7, 11) is 0. The van der Waals surface area contributed by atoms with Gasteiger partial charge >= 0.3 is 0 Å². The molecule has 4 atom stereocenters. The first-order chi connectivity index (χ1) is 8.29. The van der Waals surface area contributed by atoms with E-state index in [1.54, 1.807) is 0 Å². The lowest BCUT2D eigenvalue weighted by molar-refractivity contribution is 0.305. The Balaban J connectivity index is 1.90.